The second-order valence-electron chi connectivity index (χ2n) is 5.82. The van der Waals surface area contributed by atoms with E-state index in [1.807, 2.05) is 18.2 Å². The van der Waals surface area contributed by atoms with E-state index >= 15 is 0 Å². The molecule has 0 aliphatic carbocycles. The monoisotopic (exact) mass is 276 g/mol. The highest BCUT2D eigenvalue weighted by molar-refractivity contribution is 5.35. The van der Waals surface area contributed by atoms with E-state index in [0.29, 0.717) is 6.04 Å². The van der Waals surface area contributed by atoms with Crippen LogP contribution in [0.5, 0.6) is 5.75 Å². The molecule has 0 radical (unpaired) electrons. The fourth-order valence-electron chi connectivity index (χ4n) is 2.95. The zero-order valence-electron chi connectivity index (χ0n) is 12.8. The molecule has 0 aromatic heterocycles. The highest BCUT2D eigenvalue weighted by Gasteiger charge is 2.18. The van der Waals surface area contributed by atoms with Gasteiger partial charge in [-0.15, -0.1) is 0 Å². The molecule has 1 aromatic carbocycles. The van der Waals surface area contributed by atoms with Gasteiger partial charge < -0.3 is 15.4 Å². The summed E-state index contributed by atoms with van der Waals surface area (Å²) in [7, 11) is 2.23. The minimum Gasteiger partial charge on any atom is -0.493 e. The van der Waals surface area contributed by atoms with Crippen molar-refractivity contribution < 1.29 is 4.74 Å². The predicted molar refractivity (Wildman–Crippen MR) is 84.0 cm³/mol. The number of piperidine rings is 1. The fourth-order valence-corrected chi connectivity index (χ4v) is 2.95. The summed E-state index contributed by atoms with van der Waals surface area (Å²) in [6.45, 7) is 4.11. The molecule has 1 fully saturated rings. The van der Waals surface area contributed by atoms with E-state index in [1.165, 1.54) is 25.8 Å². The summed E-state index contributed by atoms with van der Waals surface area (Å²) >= 11 is 0. The van der Waals surface area contributed by atoms with Crippen LogP contribution in [0.3, 0.4) is 0 Å². The van der Waals surface area contributed by atoms with Crippen molar-refractivity contribution in [2.24, 2.45) is 5.73 Å². The van der Waals surface area contributed by atoms with Gasteiger partial charge in [-0.3, -0.25) is 0 Å². The standard InChI is InChI=1S/C17H28N2O/c1-3-16(18)15-9-4-5-10-17(15)20-13-11-14-8-6-7-12-19(14)2/h4-5,9-10,14,16H,3,6-8,11-13,18H2,1-2H3. The third-order valence-electron chi connectivity index (χ3n) is 4.39. The van der Waals surface area contributed by atoms with Crippen molar-refractivity contribution in [2.75, 3.05) is 20.2 Å². The molecule has 0 amide bonds. The molecule has 2 N–H and O–H groups in total. The van der Waals surface area contributed by atoms with Crippen LogP contribution in [0.1, 0.15) is 50.6 Å². The number of hydrogen-bond acceptors (Lipinski definition) is 3. The van der Waals surface area contributed by atoms with Gasteiger partial charge in [-0.1, -0.05) is 31.5 Å². The van der Waals surface area contributed by atoms with Gasteiger partial charge in [0.2, 0.25) is 0 Å². The molecule has 1 saturated heterocycles. The van der Waals surface area contributed by atoms with Crippen molar-refractivity contribution in [2.45, 2.75) is 51.1 Å². The minimum absolute atomic E-state index is 0.0727. The van der Waals surface area contributed by atoms with E-state index < -0.39 is 0 Å². The Labute approximate surface area is 123 Å². The number of ether oxygens (including phenoxy) is 1. The third-order valence-corrected chi connectivity index (χ3v) is 4.39. The summed E-state index contributed by atoms with van der Waals surface area (Å²) in [4.78, 5) is 2.47. The Kier molecular flexibility index (Phi) is 5.86. The Morgan fingerprint density at radius 2 is 2.15 bits per heavy atom. The largest absolute Gasteiger partial charge is 0.493 e. The van der Waals surface area contributed by atoms with E-state index in [2.05, 4.69) is 24.9 Å². The molecule has 112 valence electrons. The van der Waals surface area contributed by atoms with Crippen molar-refractivity contribution in [3.63, 3.8) is 0 Å². The lowest BCUT2D eigenvalue weighted by atomic mass is 10.0. The molecule has 1 aromatic rings. The molecule has 1 aliphatic heterocycles. The summed E-state index contributed by atoms with van der Waals surface area (Å²) < 4.78 is 6.00. The molecular formula is C17H28N2O. The Bertz CT molecular complexity index is 408. The molecule has 3 nitrogen and oxygen atoms in total. The lowest BCUT2D eigenvalue weighted by Gasteiger charge is -2.32. The van der Waals surface area contributed by atoms with Gasteiger partial charge in [-0.05, 0) is 45.3 Å². The van der Waals surface area contributed by atoms with Crippen molar-refractivity contribution in [1.82, 2.24) is 4.90 Å². The van der Waals surface area contributed by atoms with Gasteiger partial charge in [-0.2, -0.15) is 0 Å². The van der Waals surface area contributed by atoms with Gasteiger partial charge in [0.25, 0.3) is 0 Å². The van der Waals surface area contributed by atoms with Crippen LogP contribution >= 0.6 is 0 Å². The number of nitrogens with two attached hydrogens (primary N) is 1. The van der Waals surface area contributed by atoms with Gasteiger partial charge in [0.15, 0.2) is 0 Å². The van der Waals surface area contributed by atoms with E-state index in [1.54, 1.807) is 0 Å². The molecule has 2 atom stereocenters. The van der Waals surface area contributed by atoms with E-state index in [4.69, 9.17) is 10.5 Å². The number of benzene rings is 1. The number of rotatable bonds is 6. The second kappa shape index (κ2) is 7.65. The van der Waals surface area contributed by atoms with Gasteiger partial charge in [0.1, 0.15) is 5.75 Å². The molecule has 2 rings (SSSR count). The average molecular weight is 276 g/mol. The molecule has 0 bridgehead atoms. The first-order valence-electron chi connectivity index (χ1n) is 7.90. The number of likely N-dealkylation sites (tertiary alicyclic amines) is 1. The van der Waals surface area contributed by atoms with Crippen molar-refractivity contribution in [3.05, 3.63) is 29.8 Å². The Morgan fingerprint density at radius 3 is 2.90 bits per heavy atom. The highest BCUT2D eigenvalue weighted by Crippen LogP contribution is 2.26. The van der Waals surface area contributed by atoms with Gasteiger partial charge in [-0.25, -0.2) is 0 Å². The normalized spacial score (nSPS) is 21.6. The summed E-state index contributed by atoms with van der Waals surface area (Å²) in [5.74, 6) is 0.959. The maximum atomic E-state index is 6.14. The molecule has 1 heterocycles. The Balaban J connectivity index is 1.87. The molecule has 1 aliphatic rings. The lowest BCUT2D eigenvalue weighted by molar-refractivity contribution is 0.152. The summed E-state index contributed by atoms with van der Waals surface area (Å²) in [5, 5.41) is 0. The lowest BCUT2D eigenvalue weighted by Crippen LogP contribution is -2.37. The van der Waals surface area contributed by atoms with Crippen molar-refractivity contribution in [3.8, 4) is 5.75 Å². The van der Waals surface area contributed by atoms with Crippen LogP contribution in [0.25, 0.3) is 0 Å². The summed E-state index contributed by atoms with van der Waals surface area (Å²) in [6.07, 6.45) is 6.03. The van der Waals surface area contributed by atoms with E-state index in [-0.39, 0.29) is 6.04 Å². The van der Waals surface area contributed by atoms with Crippen LogP contribution in [0.4, 0.5) is 0 Å². The SMILES string of the molecule is CCC(N)c1ccccc1OCCC1CCCCN1C. The first kappa shape index (κ1) is 15.3. The molecule has 20 heavy (non-hydrogen) atoms. The second-order valence-corrected chi connectivity index (χ2v) is 5.82. The highest BCUT2D eigenvalue weighted by atomic mass is 16.5. The van der Waals surface area contributed by atoms with Gasteiger partial charge in [0, 0.05) is 17.6 Å². The number of hydrogen-bond donors (Lipinski definition) is 1. The van der Waals surface area contributed by atoms with Crippen LogP contribution in [-0.2, 0) is 0 Å². The first-order valence-corrected chi connectivity index (χ1v) is 7.90. The van der Waals surface area contributed by atoms with Crippen LogP contribution in [0, 0.1) is 0 Å². The Hall–Kier alpha value is -1.06. The zero-order chi connectivity index (χ0) is 14.4. The summed E-state index contributed by atoms with van der Waals surface area (Å²) in [6, 6.07) is 8.92. The molecular weight excluding hydrogens is 248 g/mol. The fraction of sp³-hybridized carbons (Fsp3) is 0.647. The smallest absolute Gasteiger partial charge is 0.124 e. The van der Waals surface area contributed by atoms with Crippen LogP contribution in [-0.4, -0.2) is 31.1 Å². The van der Waals surface area contributed by atoms with Gasteiger partial charge in [0.05, 0.1) is 6.61 Å². The first-order chi connectivity index (χ1) is 9.72. The minimum atomic E-state index is 0.0727. The predicted octanol–water partition coefficient (Wildman–Crippen LogP) is 3.35. The number of nitrogens with zero attached hydrogens (tertiary/aromatic N) is 1. The van der Waals surface area contributed by atoms with Crippen LogP contribution in [0.15, 0.2) is 24.3 Å². The molecule has 0 saturated carbocycles. The third kappa shape index (κ3) is 3.97. The zero-order valence-corrected chi connectivity index (χ0v) is 12.8. The topological polar surface area (TPSA) is 38.5 Å². The maximum Gasteiger partial charge on any atom is 0.124 e. The number of para-hydroxylation sites is 1. The van der Waals surface area contributed by atoms with Gasteiger partial charge >= 0.3 is 0 Å². The molecule has 3 heteroatoms. The van der Waals surface area contributed by atoms with E-state index in [0.717, 1.165) is 30.8 Å². The molecule has 2 unspecified atom stereocenters. The van der Waals surface area contributed by atoms with Crippen LogP contribution in [0.2, 0.25) is 0 Å². The maximum absolute atomic E-state index is 6.14. The average Bonchev–Trinajstić information content (AvgIpc) is 2.49. The van der Waals surface area contributed by atoms with Crippen molar-refractivity contribution >= 4 is 0 Å². The summed E-state index contributed by atoms with van der Waals surface area (Å²) in [5.41, 5.74) is 7.27. The van der Waals surface area contributed by atoms with E-state index in [9.17, 15) is 0 Å². The quantitative estimate of drug-likeness (QED) is 0.866. The van der Waals surface area contributed by atoms with Crippen molar-refractivity contribution in [1.29, 1.82) is 0 Å². The molecule has 0 spiro atoms. The van der Waals surface area contributed by atoms with Crippen LogP contribution < -0.4 is 10.5 Å². The Morgan fingerprint density at radius 1 is 1.35 bits per heavy atom.